The van der Waals surface area contributed by atoms with Crippen LogP contribution in [0.5, 0.6) is 0 Å². The predicted octanol–water partition coefficient (Wildman–Crippen LogP) is 1.34. The molecule has 0 saturated carbocycles. The van der Waals surface area contributed by atoms with Gasteiger partial charge in [0.1, 0.15) is 0 Å². The molecule has 0 amide bonds. The molecule has 0 saturated heterocycles. The molecule has 126 valence electrons. The van der Waals surface area contributed by atoms with Crippen LogP contribution in [0.1, 0.15) is 12.6 Å². The number of esters is 1. The van der Waals surface area contributed by atoms with Crippen molar-refractivity contribution in [2.24, 2.45) is 5.73 Å². The lowest BCUT2D eigenvalue weighted by Crippen LogP contribution is -2.43. The molecule has 2 aromatic heterocycles. The Labute approximate surface area is 139 Å². The van der Waals surface area contributed by atoms with E-state index in [9.17, 15) is 13.2 Å². The molecule has 0 aliphatic carbocycles. The highest BCUT2D eigenvalue weighted by molar-refractivity contribution is 7.89. The second-order valence-corrected chi connectivity index (χ2v) is 7.66. The Kier molecular flexibility index (Phi) is 3.61. The van der Waals surface area contributed by atoms with Crippen molar-refractivity contribution in [3.63, 3.8) is 0 Å². The van der Waals surface area contributed by atoms with Gasteiger partial charge in [0.15, 0.2) is 5.54 Å². The van der Waals surface area contributed by atoms with E-state index < -0.39 is 21.5 Å². The lowest BCUT2D eigenvalue weighted by Gasteiger charge is -2.20. The topological polar surface area (TPSA) is 104 Å². The van der Waals surface area contributed by atoms with Crippen LogP contribution < -0.4 is 5.73 Å². The maximum Gasteiger partial charge on any atom is 0.331 e. The Balaban J connectivity index is 2.41. The summed E-state index contributed by atoms with van der Waals surface area (Å²) in [6.07, 6.45) is 2.55. The molecule has 2 N–H and O–H groups in total. The molecule has 8 heteroatoms. The summed E-state index contributed by atoms with van der Waals surface area (Å²) in [7, 11) is -2.28. The third-order valence-corrected chi connectivity index (χ3v) is 5.04. The Hall–Kier alpha value is -2.45. The maximum atomic E-state index is 12.2. The predicted molar refractivity (Wildman–Crippen MR) is 91.0 cm³/mol. The monoisotopic (exact) mass is 347 g/mol. The first-order valence-electron chi connectivity index (χ1n) is 7.15. The van der Waals surface area contributed by atoms with Gasteiger partial charge in [-0.25, -0.2) is 17.2 Å². The molecule has 0 aliphatic rings. The van der Waals surface area contributed by atoms with E-state index in [4.69, 9.17) is 10.5 Å². The summed E-state index contributed by atoms with van der Waals surface area (Å²) in [6.45, 7) is 1.50. The van der Waals surface area contributed by atoms with Crippen LogP contribution in [0.25, 0.3) is 21.8 Å². The number of ether oxygens (including phenoxy) is 1. The quantitative estimate of drug-likeness (QED) is 0.717. The van der Waals surface area contributed by atoms with Crippen LogP contribution >= 0.6 is 0 Å². The van der Waals surface area contributed by atoms with Gasteiger partial charge in [0.05, 0.1) is 36.3 Å². The summed E-state index contributed by atoms with van der Waals surface area (Å²) >= 11 is 0. The first-order valence-corrected chi connectivity index (χ1v) is 9.00. The lowest BCUT2D eigenvalue weighted by molar-refractivity contribution is -0.146. The first kappa shape index (κ1) is 16.4. The first-order chi connectivity index (χ1) is 11.2. The molecular weight excluding hydrogens is 330 g/mol. The van der Waals surface area contributed by atoms with E-state index in [2.05, 4.69) is 4.98 Å². The van der Waals surface area contributed by atoms with Crippen molar-refractivity contribution in [3.05, 3.63) is 42.2 Å². The molecule has 7 nitrogen and oxygen atoms in total. The molecule has 0 unspecified atom stereocenters. The zero-order chi connectivity index (χ0) is 17.7. The molecule has 1 atom stereocenters. The van der Waals surface area contributed by atoms with E-state index in [0.717, 1.165) is 11.6 Å². The number of rotatable bonds is 3. The number of pyridine rings is 1. The van der Waals surface area contributed by atoms with Crippen LogP contribution in [0.15, 0.2) is 36.5 Å². The van der Waals surface area contributed by atoms with E-state index in [1.807, 2.05) is 12.1 Å². The fourth-order valence-electron chi connectivity index (χ4n) is 2.79. The van der Waals surface area contributed by atoms with Crippen LogP contribution in [0, 0.1) is 0 Å². The van der Waals surface area contributed by atoms with Crippen LogP contribution in [0.4, 0.5) is 0 Å². The van der Waals surface area contributed by atoms with Crippen molar-refractivity contribution in [2.45, 2.75) is 12.5 Å². The second-order valence-electron chi connectivity index (χ2n) is 5.83. The standard InChI is InChI=1S/C16H17N3O4S/c1-16(17,15(20)23-2)14-8-11-10-6-4-5-7-12(10)19(24(3,21)22)13(11)9-18-14/h4-9H,17H2,1-3H3/t16-/m1/s1. The van der Waals surface area contributed by atoms with Gasteiger partial charge in [0.2, 0.25) is 10.0 Å². The SMILES string of the molecule is COC(=O)[C@](C)(N)c1cc2c3ccccc3n(S(C)(=O)=O)c2cn1. The average Bonchev–Trinajstić information content (AvgIpc) is 2.87. The number of nitrogens with two attached hydrogens (primary N) is 1. The molecule has 0 aliphatic heterocycles. The summed E-state index contributed by atoms with van der Waals surface area (Å²) in [4.78, 5) is 16.1. The Morgan fingerprint density at radius 3 is 2.54 bits per heavy atom. The van der Waals surface area contributed by atoms with Crippen molar-refractivity contribution < 1.29 is 17.9 Å². The summed E-state index contributed by atoms with van der Waals surface area (Å²) in [5.74, 6) is -0.624. The molecule has 2 heterocycles. The van der Waals surface area contributed by atoms with E-state index in [0.29, 0.717) is 22.1 Å². The fourth-order valence-corrected chi connectivity index (χ4v) is 3.81. The molecule has 0 fully saturated rings. The number of aromatic nitrogens is 2. The van der Waals surface area contributed by atoms with Crippen molar-refractivity contribution in [1.29, 1.82) is 0 Å². The Morgan fingerprint density at radius 1 is 1.25 bits per heavy atom. The van der Waals surface area contributed by atoms with E-state index in [1.54, 1.807) is 18.2 Å². The minimum Gasteiger partial charge on any atom is -0.467 e. The van der Waals surface area contributed by atoms with Crippen molar-refractivity contribution in [3.8, 4) is 0 Å². The largest absolute Gasteiger partial charge is 0.467 e. The Morgan fingerprint density at radius 2 is 1.92 bits per heavy atom. The van der Waals surface area contributed by atoms with Gasteiger partial charge in [-0.15, -0.1) is 0 Å². The van der Waals surface area contributed by atoms with Gasteiger partial charge >= 0.3 is 5.97 Å². The van der Waals surface area contributed by atoms with Crippen LogP contribution in [-0.2, 0) is 25.1 Å². The van der Waals surface area contributed by atoms with Crippen molar-refractivity contribution in [1.82, 2.24) is 8.96 Å². The number of para-hydroxylation sites is 1. The number of fused-ring (bicyclic) bond motifs is 3. The molecule has 1 aromatic carbocycles. The second kappa shape index (κ2) is 5.29. The van der Waals surface area contributed by atoms with E-state index in [-0.39, 0.29) is 0 Å². The van der Waals surface area contributed by atoms with Crippen LogP contribution in [0.3, 0.4) is 0 Å². The smallest absolute Gasteiger partial charge is 0.331 e. The fraction of sp³-hybridized carbons (Fsp3) is 0.250. The van der Waals surface area contributed by atoms with Gasteiger partial charge in [-0.1, -0.05) is 18.2 Å². The van der Waals surface area contributed by atoms with E-state index >= 15 is 0 Å². The van der Waals surface area contributed by atoms with Gasteiger partial charge in [0.25, 0.3) is 0 Å². The number of nitrogens with zero attached hydrogens (tertiary/aromatic N) is 2. The van der Waals surface area contributed by atoms with Gasteiger partial charge in [-0.2, -0.15) is 0 Å². The average molecular weight is 347 g/mol. The van der Waals surface area contributed by atoms with Gasteiger partial charge < -0.3 is 10.5 Å². The van der Waals surface area contributed by atoms with E-state index in [1.165, 1.54) is 24.2 Å². The van der Waals surface area contributed by atoms with Gasteiger partial charge in [-0.3, -0.25) is 4.98 Å². The summed E-state index contributed by atoms with van der Waals surface area (Å²) in [5, 5.41) is 1.39. The normalized spacial score (nSPS) is 14.7. The Bertz CT molecular complexity index is 1070. The molecule has 0 spiro atoms. The number of carbonyl (C=O) groups excluding carboxylic acids is 1. The number of carbonyl (C=O) groups is 1. The summed E-state index contributed by atoms with van der Waals surface area (Å²) in [6, 6.07) is 8.75. The lowest BCUT2D eigenvalue weighted by atomic mass is 9.97. The highest BCUT2D eigenvalue weighted by Gasteiger charge is 2.34. The molecule has 3 rings (SSSR count). The summed E-state index contributed by atoms with van der Waals surface area (Å²) in [5.41, 5.74) is 5.91. The van der Waals surface area contributed by atoms with Gasteiger partial charge in [0, 0.05) is 10.8 Å². The number of methoxy groups -OCH3 is 1. The molecule has 3 aromatic rings. The van der Waals surface area contributed by atoms with Crippen molar-refractivity contribution in [2.75, 3.05) is 13.4 Å². The van der Waals surface area contributed by atoms with Crippen molar-refractivity contribution >= 4 is 37.8 Å². The minimum absolute atomic E-state index is 0.304. The maximum absolute atomic E-state index is 12.2. The van der Waals surface area contributed by atoms with Crippen LogP contribution in [-0.4, -0.2) is 36.7 Å². The third-order valence-electron chi connectivity index (χ3n) is 3.99. The third kappa shape index (κ3) is 2.35. The van der Waals surface area contributed by atoms with Crippen LogP contribution in [0.2, 0.25) is 0 Å². The summed E-state index contributed by atoms with van der Waals surface area (Å²) < 4.78 is 30.3. The number of hydrogen-bond acceptors (Lipinski definition) is 6. The minimum atomic E-state index is -3.53. The molecule has 0 radical (unpaired) electrons. The molecular formula is C16H17N3O4S. The number of benzene rings is 1. The molecule has 24 heavy (non-hydrogen) atoms. The van der Waals surface area contributed by atoms with Gasteiger partial charge in [-0.05, 0) is 19.1 Å². The zero-order valence-electron chi connectivity index (χ0n) is 13.5. The number of hydrogen-bond donors (Lipinski definition) is 1. The highest BCUT2D eigenvalue weighted by Crippen LogP contribution is 2.31. The highest BCUT2D eigenvalue weighted by atomic mass is 32.2. The molecule has 0 bridgehead atoms. The zero-order valence-corrected chi connectivity index (χ0v) is 14.3.